The van der Waals surface area contributed by atoms with Gasteiger partial charge in [-0.05, 0) is 24.6 Å². The standard InChI is InChI=1S/C9H10FNO2/c1-5(12)9(11)6-2-3-8(13)7(10)4-6/h2-4,9,13H,11H2,1H3. The van der Waals surface area contributed by atoms with Crippen LogP contribution in [0.15, 0.2) is 18.2 Å². The quantitative estimate of drug-likeness (QED) is 0.722. The third-order valence-electron chi connectivity index (χ3n) is 1.77. The number of hydrogen-bond donors (Lipinski definition) is 2. The zero-order valence-corrected chi connectivity index (χ0v) is 7.12. The van der Waals surface area contributed by atoms with Gasteiger partial charge in [0, 0.05) is 0 Å². The summed E-state index contributed by atoms with van der Waals surface area (Å²) in [6, 6.07) is 2.83. The molecule has 0 spiro atoms. The van der Waals surface area contributed by atoms with Crippen LogP contribution in [0, 0.1) is 5.82 Å². The molecule has 1 aromatic rings. The summed E-state index contributed by atoms with van der Waals surface area (Å²) < 4.78 is 12.8. The Hall–Kier alpha value is -1.42. The first kappa shape index (κ1) is 9.67. The lowest BCUT2D eigenvalue weighted by Crippen LogP contribution is -2.18. The van der Waals surface area contributed by atoms with Crippen LogP contribution in [-0.4, -0.2) is 10.9 Å². The minimum atomic E-state index is -0.824. The zero-order chi connectivity index (χ0) is 10.0. The molecule has 0 heterocycles. The third-order valence-corrected chi connectivity index (χ3v) is 1.77. The number of hydrogen-bond acceptors (Lipinski definition) is 3. The topological polar surface area (TPSA) is 63.3 Å². The molecule has 1 rings (SSSR count). The first-order valence-corrected chi connectivity index (χ1v) is 3.77. The number of nitrogens with two attached hydrogens (primary N) is 1. The number of aromatic hydroxyl groups is 1. The Morgan fingerprint density at radius 1 is 1.62 bits per heavy atom. The van der Waals surface area contributed by atoms with Crippen molar-refractivity contribution < 1.29 is 14.3 Å². The Morgan fingerprint density at radius 2 is 2.23 bits per heavy atom. The van der Waals surface area contributed by atoms with Gasteiger partial charge in [0.2, 0.25) is 0 Å². The molecular weight excluding hydrogens is 173 g/mol. The monoisotopic (exact) mass is 183 g/mol. The fourth-order valence-corrected chi connectivity index (χ4v) is 0.951. The van der Waals surface area contributed by atoms with Crippen LogP contribution < -0.4 is 5.73 Å². The van der Waals surface area contributed by atoms with E-state index < -0.39 is 17.6 Å². The fourth-order valence-electron chi connectivity index (χ4n) is 0.951. The number of phenolic OH excluding ortho intramolecular Hbond substituents is 1. The molecule has 3 N–H and O–H groups in total. The van der Waals surface area contributed by atoms with Crippen molar-refractivity contribution in [3.8, 4) is 5.75 Å². The molecule has 0 aromatic heterocycles. The van der Waals surface area contributed by atoms with E-state index in [0.717, 1.165) is 6.07 Å². The largest absolute Gasteiger partial charge is 0.505 e. The molecule has 13 heavy (non-hydrogen) atoms. The number of benzene rings is 1. The molecule has 0 aliphatic heterocycles. The first-order valence-electron chi connectivity index (χ1n) is 3.77. The van der Waals surface area contributed by atoms with E-state index in [1.807, 2.05) is 0 Å². The van der Waals surface area contributed by atoms with Gasteiger partial charge in [-0.25, -0.2) is 4.39 Å². The van der Waals surface area contributed by atoms with Crippen molar-refractivity contribution in [2.75, 3.05) is 0 Å². The van der Waals surface area contributed by atoms with Gasteiger partial charge in [0.15, 0.2) is 17.3 Å². The van der Waals surface area contributed by atoms with E-state index in [9.17, 15) is 9.18 Å². The lowest BCUT2D eigenvalue weighted by Gasteiger charge is -2.07. The van der Waals surface area contributed by atoms with Crippen LogP contribution in [-0.2, 0) is 4.79 Å². The second-order valence-electron chi connectivity index (χ2n) is 2.80. The first-order chi connectivity index (χ1) is 6.02. The van der Waals surface area contributed by atoms with E-state index in [-0.39, 0.29) is 5.78 Å². The molecule has 4 heteroatoms. The maximum absolute atomic E-state index is 12.8. The van der Waals surface area contributed by atoms with Gasteiger partial charge in [-0.3, -0.25) is 4.79 Å². The summed E-state index contributed by atoms with van der Waals surface area (Å²) in [4.78, 5) is 10.8. The molecule has 0 bridgehead atoms. The molecule has 0 amide bonds. The summed E-state index contributed by atoms with van der Waals surface area (Å²) >= 11 is 0. The van der Waals surface area contributed by atoms with Gasteiger partial charge in [0.1, 0.15) is 0 Å². The van der Waals surface area contributed by atoms with Crippen LogP contribution in [0.2, 0.25) is 0 Å². The minimum Gasteiger partial charge on any atom is -0.505 e. The van der Waals surface area contributed by atoms with Crippen molar-refractivity contribution in [1.29, 1.82) is 0 Å². The van der Waals surface area contributed by atoms with Crippen LogP contribution in [0.3, 0.4) is 0 Å². The molecule has 3 nitrogen and oxygen atoms in total. The van der Waals surface area contributed by atoms with Crippen molar-refractivity contribution in [3.05, 3.63) is 29.6 Å². The van der Waals surface area contributed by atoms with Crippen LogP contribution in [0.25, 0.3) is 0 Å². The predicted molar refractivity (Wildman–Crippen MR) is 45.7 cm³/mol. The average molecular weight is 183 g/mol. The number of carbonyl (C=O) groups excluding carboxylic acids is 1. The Labute approximate surface area is 75.0 Å². The van der Waals surface area contributed by atoms with E-state index in [1.54, 1.807) is 0 Å². The maximum atomic E-state index is 12.8. The van der Waals surface area contributed by atoms with Crippen molar-refractivity contribution in [2.24, 2.45) is 5.73 Å². The number of halogens is 1. The summed E-state index contributed by atoms with van der Waals surface area (Å²) in [5, 5.41) is 8.86. The molecule has 1 aromatic carbocycles. The van der Waals surface area contributed by atoms with Gasteiger partial charge in [-0.2, -0.15) is 0 Å². The fraction of sp³-hybridized carbons (Fsp3) is 0.222. The number of carbonyl (C=O) groups is 1. The molecule has 0 radical (unpaired) electrons. The molecule has 0 fully saturated rings. The lowest BCUT2D eigenvalue weighted by molar-refractivity contribution is -0.118. The molecule has 0 aliphatic rings. The van der Waals surface area contributed by atoms with E-state index in [0.29, 0.717) is 5.56 Å². The SMILES string of the molecule is CC(=O)C(N)c1ccc(O)c(F)c1. The van der Waals surface area contributed by atoms with Gasteiger partial charge < -0.3 is 10.8 Å². The predicted octanol–water partition coefficient (Wildman–Crippen LogP) is 1.12. The zero-order valence-electron chi connectivity index (χ0n) is 7.12. The molecule has 0 saturated heterocycles. The highest BCUT2D eigenvalue weighted by molar-refractivity contribution is 5.82. The van der Waals surface area contributed by atoms with Crippen molar-refractivity contribution >= 4 is 5.78 Å². The molecule has 0 saturated carbocycles. The highest BCUT2D eigenvalue weighted by Crippen LogP contribution is 2.19. The number of ketones is 1. The van der Waals surface area contributed by atoms with Gasteiger partial charge in [0.25, 0.3) is 0 Å². The molecule has 70 valence electrons. The van der Waals surface area contributed by atoms with Crippen LogP contribution in [0.4, 0.5) is 4.39 Å². The summed E-state index contributed by atoms with van der Waals surface area (Å²) in [5.74, 6) is -1.46. The average Bonchev–Trinajstić information content (AvgIpc) is 2.08. The molecule has 0 aliphatic carbocycles. The van der Waals surface area contributed by atoms with Gasteiger partial charge in [0.05, 0.1) is 6.04 Å². The number of phenols is 1. The summed E-state index contributed by atoms with van der Waals surface area (Å²) in [5.41, 5.74) is 5.82. The smallest absolute Gasteiger partial charge is 0.165 e. The summed E-state index contributed by atoms with van der Waals surface area (Å²) in [7, 11) is 0. The van der Waals surface area contributed by atoms with E-state index in [2.05, 4.69) is 0 Å². The Bertz CT molecular complexity index is 338. The second kappa shape index (κ2) is 3.53. The normalized spacial score (nSPS) is 12.5. The highest BCUT2D eigenvalue weighted by atomic mass is 19.1. The van der Waals surface area contributed by atoms with Gasteiger partial charge in [-0.15, -0.1) is 0 Å². The summed E-state index contributed by atoms with van der Waals surface area (Å²) in [6.45, 7) is 1.33. The van der Waals surface area contributed by atoms with E-state index >= 15 is 0 Å². The highest BCUT2D eigenvalue weighted by Gasteiger charge is 2.12. The molecule has 1 atom stereocenters. The van der Waals surface area contributed by atoms with E-state index in [4.69, 9.17) is 10.8 Å². The molecular formula is C9H10FNO2. The van der Waals surface area contributed by atoms with Crippen molar-refractivity contribution in [2.45, 2.75) is 13.0 Å². The van der Waals surface area contributed by atoms with Crippen LogP contribution in [0.1, 0.15) is 18.5 Å². The third kappa shape index (κ3) is 2.03. The summed E-state index contributed by atoms with van der Waals surface area (Å²) in [6.07, 6.45) is 0. The van der Waals surface area contributed by atoms with Gasteiger partial charge in [-0.1, -0.05) is 6.07 Å². The van der Waals surface area contributed by atoms with Crippen LogP contribution >= 0.6 is 0 Å². The van der Waals surface area contributed by atoms with E-state index in [1.165, 1.54) is 19.1 Å². The van der Waals surface area contributed by atoms with Crippen molar-refractivity contribution in [1.82, 2.24) is 0 Å². The maximum Gasteiger partial charge on any atom is 0.165 e. The Kier molecular flexibility index (Phi) is 2.63. The Balaban J connectivity index is 3.03. The second-order valence-corrected chi connectivity index (χ2v) is 2.80. The Morgan fingerprint density at radius 3 is 2.69 bits per heavy atom. The van der Waals surface area contributed by atoms with Crippen molar-refractivity contribution in [3.63, 3.8) is 0 Å². The van der Waals surface area contributed by atoms with Crippen LogP contribution in [0.5, 0.6) is 5.75 Å². The van der Waals surface area contributed by atoms with Gasteiger partial charge >= 0.3 is 0 Å². The lowest BCUT2D eigenvalue weighted by atomic mass is 10.0. The number of rotatable bonds is 2. The number of Topliss-reactive ketones (excluding diaryl/α,β-unsaturated/α-hetero) is 1. The minimum absolute atomic E-state index is 0.245. The molecule has 1 unspecified atom stereocenters.